The van der Waals surface area contributed by atoms with Crippen LogP contribution >= 0.6 is 12.4 Å². The Morgan fingerprint density at radius 1 is 1.00 bits per heavy atom. The summed E-state index contributed by atoms with van der Waals surface area (Å²) < 4.78 is 0. The van der Waals surface area contributed by atoms with Crippen LogP contribution in [0.3, 0.4) is 0 Å². The van der Waals surface area contributed by atoms with Gasteiger partial charge < -0.3 is 15.8 Å². The molecule has 136 valence electrons. The molecular weight excluding hydrogens is 348 g/mol. The van der Waals surface area contributed by atoms with Gasteiger partial charge in [0.05, 0.1) is 28.6 Å². The van der Waals surface area contributed by atoms with E-state index in [9.17, 15) is 0 Å². The number of hydrogen-bond acceptors (Lipinski definition) is 3. The number of aromatic nitrogens is 3. The molecule has 0 aliphatic heterocycles. The third kappa shape index (κ3) is 3.49. The van der Waals surface area contributed by atoms with E-state index in [4.69, 9.17) is 0 Å². The lowest BCUT2D eigenvalue weighted by molar-refractivity contribution is 0.824. The number of halogens is 1. The number of fused-ring (bicyclic) bond motifs is 3. The minimum atomic E-state index is 0. The van der Waals surface area contributed by atoms with Crippen LogP contribution in [0.15, 0.2) is 48.8 Å². The molecule has 0 unspecified atom stereocenters. The van der Waals surface area contributed by atoms with Gasteiger partial charge in [-0.05, 0) is 48.7 Å². The molecule has 26 heavy (non-hydrogen) atoms. The zero-order valence-electron chi connectivity index (χ0n) is 15.0. The molecule has 4 aromatic rings. The Hall–Kier alpha value is -2.63. The normalized spacial score (nSPS) is 10.6. The highest BCUT2D eigenvalue weighted by molar-refractivity contribution is 6.10. The molecule has 0 bridgehead atoms. The lowest BCUT2D eigenvalue weighted by Gasteiger charge is -2.13. The van der Waals surface area contributed by atoms with Gasteiger partial charge in [-0.2, -0.15) is 0 Å². The van der Waals surface area contributed by atoms with E-state index in [1.54, 1.807) is 6.33 Å². The van der Waals surface area contributed by atoms with Crippen molar-refractivity contribution in [3.05, 3.63) is 60.0 Å². The maximum atomic E-state index is 4.66. The van der Waals surface area contributed by atoms with E-state index in [2.05, 4.69) is 64.4 Å². The van der Waals surface area contributed by atoms with Crippen LogP contribution in [0, 0.1) is 6.92 Å². The Morgan fingerprint density at radius 3 is 2.38 bits per heavy atom. The van der Waals surface area contributed by atoms with E-state index in [0.717, 1.165) is 39.0 Å². The average Bonchev–Trinajstić information content (AvgIpc) is 3.03. The van der Waals surface area contributed by atoms with Crippen LogP contribution in [0.2, 0.25) is 0 Å². The van der Waals surface area contributed by atoms with E-state index in [0.29, 0.717) is 5.92 Å². The molecule has 0 saturated heterocycles. The Labute approximate surface area is 158 Å². The van der Waals surface area contributed by atoms with Crippen LogP contribution in [0.25, 0.3) is 21.9 Å². The number of nitrogens with zero attached hydrogens (tertiary/aromatic N) is 2. The first-order chi connectivity index (χ1) is 11.6. The maximum Gasteiger partial charge on any atom is 0.0932 e. The molecule has 4 rings (SSSR count). The van der Waals surface area contributed by atoms with Gasteiger partial charge in [0.25, 0.3) is 0 Å². The second kappa shape index (κ2) is 7.72. The van der Waals surface area contributed by atoms with Crippen LogP contribution in [0.5, 0.6) is 0 Å². The minimum absolute atomic E-state index is 0. The summed E-state index contributed by atoms with van der Waals surface area (Å²) in [6, 6.07) is 14.7. The molecule has 5 nitrogen and oxygen atoms in total. The van der Waals surface area contributed by atoms with Gasteiger partial charge in [-0.3, -0.25) is 4.98 Å². The fourth-order valence-electron chi connectivity index (χ4n) is 3.08. The Kier molecular flexibility index (Phi) is 5.85. The van der Waals surface area contributed by atoms with E-state index in [1.165, 1.54) is 5.56 Å². The summed E-state index contributed by atoms with van der Waals surface area (Å²) in [6.07, 6.45) is 1.73. The Balaban J connectivity index is 0.00000121. The van der Waals surface area contributed by atoms with Crippen molar-refractivity contribution in [3.8, 4) is 0 Å². The predicted octanol–water partition coefficient (Wildman–Crippen LogP) is 4.88. The van der Waals surface area contributed by atoms with E-state index in [1.807, 2.05) is 19.1 Å². The summed E-state index contributed by atoms with van der Waals surface area (Å²) in [5.74, 6) is 0.535. The quantitative estimate of drug-likeness (QED) is 0.538. The standard InChI is InChI=1S/C20H20N4.ClH.H2O/c1-12(2)14-4-6-15(7-5-14)24-18-10-13(3)23-16-8-9-17-20(19(16)18)22-11-21-17;;/h4-12H,1-3H3,(H,21,22)(H,23,24);1H;1H2. The van der Waals surface area contributed by atoms with Crippen molar-refractivity contribution in [2.75, 3.05) is 5.32 Å². The molecule has 0 fully saturated rings. The van der Waals surface area contributed by atoms with Crippen LogP contribution in [0.4, 0.5) is 11.4 Å². The Bertz CT molecular complexity index is 1030. The molecule has 6 heteroatoms. The first kappa shape index (κ1) is 19.7. The van der Waals surface area contributed by atoms with E-state index < -0.39 is 0 Å². The summed E-state index contributed by atoms with van der Waals surface area (Å²) in [5, 5.41) is 4.62. The predicted molar refractivity (Wildman–Crippen MR) is 111 cm³/mol. The van der Waals surface area contributed by atoms with Gasteiger partial charge in [-0.25, -0.2) is 4.98 Å². The van der Waals surface area contributed by atoms with Crippen molar-refractivity contribution < 1.29 is 5.48 Å². The van der Waals surface area contributed by atoms with E-state index >= 15 is 0 Å². The van der Waals surface area contributed by atoms with Gasteiger partial charge in [-0.1, -0.05) is 26.0 Å². The lowest BCUT2D eigenvalue weighted by atomic mass is 10.0. The van der Waals surface area contributed by atoms with Crippen molar-refractivity contribution in [1.29, 1.82) is 0 Å². The van der Waals surface area contributed by atoms with Gasteiger partial charge in [0.1, 0.15) is 0 Å². The van der Waals surface area contributed by atoms with Gasteiger partial charge in [0, 0.05) is 16.8 Å². The molecule has 0 amide bonds. The van der Waals surface area contributed by atoms with Crippen molar-refractivity contribution in [1.82, 2.24) is 15.0 Å². The second-order valence-corrected chi connectivity index (χ2v) is 6.47. The highest BCUT2D eigenvalue weighted by atomic mass is 35.5. The zero-order valence-corrected chi connectivity index (χ0v) is 15.8. The maximum absolute atomic E-state index is 4.66. The van der Waals surface area contributed by atoms with Crippen molar-refractivity contribution >= 4 is 45.7 Å². The van der Waals surface area contributed by atoms with Crippen LogP contribution in [-0.2, 0) is 0 Å². The molecule has 2 aromatic heterocycles. The number of nitrogens with one attached hydrogen (secondary N) is 2. The van der Waals surface area contributed by atoms with Crippen LogP contribution in [-0.4, -0.2) is 20.4 Å². The van der Waals surface area contributed by atoms with Crippen molar-refractivity contribution in [2.24, 2.45) is 0 Å². The molecule has 0 spiro atoms. The SMILES string of the molecule is Cc1cc(Nc2ccc(C(C)C)cc2)c2c(ccc3nc[nH]c32)n1.Cl.O. The van der Waals surface area contributed by atoms with Crippen LogP contribution in [0.1, 0.15) is 31.0 Å². The summed E-state index contributed by atoms with van der Waals surface area (Å²) in [7, 11) is 0. The monoisotopic (exact) mass is 370 g/mol. The number of imidazole rings is 1. The van der Waals surface area contributed by atoms with Crippen LogP contribution < -0.4 is 5.32 Å². The fourth-order valence-corrected chi connectivity index (χ4v) is 3.08. The molecule has 0 aliphatic rings. The number of H-pyrrole nitrogens is 1. The number of rotatable bonds is 3. The number of aromatic amines is 1. The van der Waals surface area contributed by atoms with Crippen molar-refractivity contribution in [3.63, 3.8) is 0 Å². The smallest absolute Gasteiger partial charge is 0.0932 e. The molecule has 0 aliphatic carbocycles. The first-order valence-electron chi connectivity index (χ1n) is 8.22. The first-order valence-corrected chi connectivity index (χ1v) is 8.22. The molecule has 0 radical (unpaired) electrons. The number of aryl methyl sites for hydroxylation is 1. The third-order valence-electron chi connectivity index (χ3n) is 4.35. The number of benzene rings is 2. The van der Waals surface area contributed by atoms with Gasteiger partial charge in [0.15, 0.2) is 0 Å². The highest BCUT2D eigenvalue weighted by Crippen LogP contribution is 2.31. The number of pyridine rings is 1. The highest BCUT2D eigenvalue weighted by Gasteiger charge is 2.10. The van der Waals surface area contributed by atoms with E-state index in [-0.39, 0.29) is 17.9 Å². The molecule has 0 saturated carbocycles. The molecular formula is C20H23ClN4O. The molecule has 2 heterocycles. The molecule has 4 N–H and O–H groups in total. The van der Waals surface area contributed by atoms with Gasteiger partial charge in [0.2, 0.25) is 0 Å². The van der Waals surface area contributed by atoms with Gasteiger partial charge >= 0.3 is 0 Å². The molecule has 0 atom stereocenters. The summed E-state index contributed by atoms with van der Waals surface area (Å²) in [4.78, 5) is 12.3. The third-order valence-corrected chi connectivity index (χ3v) is 4.35. The van der Waals surface area contributed by atoms with Gasteiger partial charge in [-0.15, -0.1) is 12.4 Å². The average molecular weight is 371 g/mol. The lowest BCUT2D eigenvalue weighted by Crippen LogP contribution is -1.96. The molecule has 2 aromatic carbocycles. The summed E-state index contributed by atoms with van der Waals surface area (Å²) in [6.45, 7) is 6.43. The number of hydrogen-bond donors (Lipinski definition) is 2. The van der Waals surface area contributed by atoms with Crippen molar-refractivity contribution in [2.45, 2.75) is 26.7 Å². The zero-order chi connectivity index (χ0) is 16.7. The summed E-state index contributed by atoms with van der Waals surface area (Å²) >= 11 is 0. The fraction of sp³-hybridized carbons (Fsp3) is 0.200. The summed E-state index contributed by atoms with van der Waals surface area (Å²) in [5.41, 5.74) is 7.38. The Morgan fingerprint density at radius 2 is 1.69 bits per heavy atom. The largest absolute Gasteiger partial charge is 0.412 e. The number of anilines is 2. The second-order valence-electron chi connectivity index (χ2n) is 6.47. The topological polar surface area (TPSA) is 85.1 Å². The minimum Gasteiger partial charge on any atom is -0.412 e.